The summed E-state index contributed by atoms with van der Waals surface area (Å²) in [6.45, 7) is 5.16. The molecule has 0 bridgehead atoms. The minimum atomic E-state index is -3.93. The van der Waals surface area contributed by atoms with Crippen LogP contribution in [0.15, 0.2) is 17.1 Å². The number of rotatable bonds is 8. The highest BCUT2D eigenvalue weighted by Gasteiger charge is 2.53. The van der Waals surface area contributed by atoms with Gasteiger partial charge in [0.05, 0.1) is 30.5 Å². The number of carbonyl (C=O) groups is 1. The fourth-order valence-electron chi connectivity index (χ4n) is 3.03. The Kier molecular flexibility index (Phi) is 7.76. The van der Waals surface area contributed by atoms with Crippen molar-refractivity contribution < 1.29 is 32.4 Å². The number of esters is 1. The van der Waals surface area contributed by atoms with Crippen LogP contribution in [0.1, 0.15) is 32.6 Å². The molecular weight excluding hydrogens is 454 g/mol. The molecule has 2 aliphatic heterocycles. The average Bonchev–Trinajstić information content (AvgIpc) is 3.00. The number of thioether (sulfide) groups is 1. The summed E-state index contributed by atoms with van der Waals surface area (Å²) in [4.78, 5) is 32.6. The van der Waals surface area contributed by atoms with Crippen molar-refractivity contribution in [2.24, 2.45) is 5.92 Å². The van der Waals surface area contributed by atoms with Crippen LogP contribution in [0.25, 0.3) is 0 Å². The largest absolute Gasteiger partial charge is 0.463 e. The average molecular weight is 480 g/mol. The highest BCUT2D eigenvalue weighted by molar-refractivity contribution is 8.00. The Balaban J connectivity index is 1.53. The molecule has 3 heterocycles. The van der Waals surface area contributed by atoms with Gasteiger partial charge in [-0.25, -0.2) is 13.8 Å². The van der Waals surface area contributed by atoms with E-state index in [2.05, 4.69) is 10.2 Å². The molecule has 0 radical (unpaired) electrons. The Hall–Kier alpha value is -1.50. The lowest BCUT2D eigenvalue weighted by molar-refractivity contribution is -0.152. The molecule has 0 aromatic carbocycles. The lowest BCUT2D eigenvalue weighted by Crippen LogP contribution is -2.40. The van der Waals surface area contributed by atoms with Crippen LogP contribution in [0, 0.1) is 5.92 Å². The van der Waals surface area contributed by atoms with Crippen LogP contribution >= 0.6 is 19.5 Å². The summed E-state index contributed by atoms with van der Waals surface area (Å²) in [5.74, 6) is -0.744. The normalized spacial score (nSPS) is 31.4. The van der Waals surface area contributed by atoms with E-state index in [0.717, 1.165) is 16.3 Å². The second-order valence-electron chi connectivity index (χ2n) is 7.53. The third kappa shape index (κ3) is 5.85. The van der Waals surface area contributed by atoms with Crippen LogP contribution in [-0.4, -0.2) is 52.4 Å². The number of nitrogens with one attached hydrogen (secondary N) is 1. The van der Waals surface area contributed by atoms with Gasteiger partial charge < -0.3 is 10.5 Å². The lowest BCUT2D eigenvalue weighted by Gasteiger charge is -2.31. The number of hydrogen-bond donors (Lipinski definition) is 2. The molecule has 2 saturated heterocycles. The van der Waals surface area contributed by atoms with Gasteiger partial charge in [-0.3, -0.25) is 23.2 Å². The number of alkyl halides is 1. The Morgan fingerprint density at radius 2 is 2.26 bits per heavy atom. The van der Waals surface area contributed by atoms with Crippen molar-refractivity contribution in [1.29, 1.82) is 0 Å². The van der Waals surface area contributed by atoms with Crippen LogP contribution in [0.3, 0.4) is 0 Å². The number of hydrogen-bond acceptors (Lipinski definition) is 10. The predicted octanol–water partition coefficient (Wildman–Crippen LogP) is 1.80. The summed E-state index contributed by atoms with van der Waals surface area (Å²) in [6.07, 6.45) is -1.26. The van der Waals surface area contributed by atoms with E-state index in [1.807, 2.05) is 0 Å². The Bertz CT molecular complexity index is 903. The van der Waals surface area contributed by atoms with E-state index in [0.29, 0.717) is 6.42 Å². The fourth-order valence-corrected chi connectivity index (χ4v) is 6.03. The van der Waals surface area contributed by atoms with Gasteiger partial charge in [0, 0.05) is 6.20 Å². The number of nitrogen functional groups attached to an aromatic ring is 1. The van der Waals surface area contributed by atoms with Crippen molar-refractivity contribution in [2.45, 2.75) is 56.2 Å². The molecule has 0 aliphatic carbocycles. The molecule has 2 fully saturated rings. The van der Waals surface area contributed by atoms with Gasteiger partial charge >= 0.3 is 19.4 Å². The third-order valence-electron chi connectivity index (χ3n) is 4.65. The van der Waals surface area contributed by atoms with Crippen molar-refractivity contribution in [3.05, 3.63) is 22.7 Å². The van der Waals surface area contributed by atoms with Gasteiger partial charge in [-0.1, -0.05) is 6.92 Å². The molecule has 6 atom stereocenters. The van der Waals surface area contributed by atoms with Crippen molar-refractivity contribution in [3.63, 3.8) is 0 Å². The van der Waals surface area contributed by atoms with E-state index in [1.165, 1.54) is 12.3 Å². The molecule has 31 heavy (non-hydrogen) atoms. The van der Waals surface area contributed by atoms with Crippen LogP contribution in [-0.2, 0) is 28.0 Å². The number of nitrogens with zero attached hydrogens (tertiary/aromatic N) is 2. The minimum Gasteiger partial charge on any atom is -0.463 e. The first-order valence-electron chi connectivity index (χ1n) is 9.76. The summed E-state index contributed by atoms with van der Waals surface area (Å²) in [5, 5.41) is 0.835. The highest BCUT2D eigenvalue weighted by Crippen LogP contribution is 2.57. The van der Waals surface area contributed by atoms with Gasteiger partial charge in [-0.05, 0) is 26.3 Å². The Morgan fingerprint density at radius 1 is 1.52 bits per heavy atom. The number of aromatic nitrogens is 2. The van der Waals surface area contributed by atoms with Crippen molar-refractivity contribution in [2.75, 3.05) is 18.9 Å². The maximum atomic E-state index is 15.1. The van der Waals surface area contributed by atoms with Gasteiger partial charge in [-0.2, -0.15) is 4.98 Å². The maximum absolute atomic E-state index is 15.1. The first-order chi connectivity index (χ1) is 14.6. The number of ether oxygens (including phenoxy) is 1. The van der Waals surface area contributed by atoms with Crippen LogP contribution in [0.4, 0.5) is 10.2 Å². The summed E-state index contributed by atoms with van der Waals surface area (Å²) >= 11 is 1.13. The zero-order valence-corrected chi connectivity index (χ0v) is 19.0. The van der Waals surface area contributed by atoms with E-state index >= 15 is 4.39 Å². The molecule has 174 valence electrons. The molecule has 0 spiro atoms. The Morgan fingerprint density at radius 3 is 2.94 bits per heavy atom. The van der Waals surface area contributed by atoms with Gasteiger partial charge in [0.1, 0.15) is 17.3 Å². The van der Waals surface area contributed by atoms with Gasteiger partial charge in [0.15, 0.2) is 6.17 Å². The third-order valence-corrected chi connectivity index (χ3v) is 7.53. The zero-order chi connectivity index (χ0) is 22.8. The summed E-state index contributed by atoms with van der Waals surface area (Å²) in [5.41, 5.74) is 4.79. The maximum Gasteiger partial charge on any atom is 0.428 e. The SMILES string of the molecule is CC(C)OC(=O)[C@H](C)CCONP1(=O)OC[C@H]2S[C@@H](n3ccc(N)nc3=O)[C@@H](F)[C@@H]2O1. The van der Waals surface area contributed by atoms with E-state index in [1.54, 1.807) is 20.8 Å². The number of carbonyl (C=O) groups excluding carboxylic acids is 1. The van der Waals surface area contributed by atoms with Crippen molar-refractivity contribution >= 4 is 31.3 Å². The molecule has 0 amide bonds. The molecule has 1 aromatic rings. The number of anilines is 1. The first kappa shape index (κ1) is 24.1. The van der Waals surface area contributed by atoms with Crippen molar-refractivity contribution in [1.82, 2.24) is 14.8 Å². The summed E-state index contributed by atoms with van der Waals surface area (Å²) < 4.78 is 44.7. The Labute approximate surface area is 182 Å². The molecule has 1 aromatic heterocycles. The van der Waals surface area contributed by atoms with Gasteiger partial charge in [0.25, 0.3) is 0 Å². The minimum absolute atomic E-state index is 0.0299. The molecule has 3 rings (SSSR count). The van der Waals surface area contributed by atoms with E-state index in [9.17, 15) is 14.2 Å². The highest BCUT2D eigenvalue weighted by atomic mass is 32.2. The molecular formula is C17H26FN4O7PS. The van der Waals surface area contributed by atoms with E-state index in [-0.39, 0.29) is 31.1 Å². The monoisotopic (exact) mass is 480 g/mol. The number of fused-ring (bicyclic) bond motifs is 1. The van der Waals surface area contributed by atoms with Crippen LogP contribution < -0.4 is 16.7 Å². The van der Waals surface area contributed by atoms with E-state index < -0.39 is 42.3 Å². The molecule has 3 N–H and O–H groups in total. The van der Waals surface area contributed by atoms with Gasteiger partial charge in [0.2, 0.25) is 0 Å². The second-order valence-corrected chi connectivity index (χ2v) is 10.5. The zero-order valence-electron chi connectivity index (χ0n) is 17.3. The molecule has 14 heteroatoms. The van der Waals surface area contributed by atoms with Crippen LogP contribution in [0.5, 0.6) is 0 Å². The number of nitrogens with two attached hydrogens (primary N) is 1. The van der Waals surface area contributed by atoms with Gasteiger partial charge in [-0.15, -0.1) is 17.0 Å². The summed E-state index contributed by atoms with van der Waals surface area (Å²) in [7, 11) is -3.93. The molecule has 0 saturated carbocycles. The standard InChI is InChI=1S/C17H26FN4O7PS/c1-9(2)28-16(23)10(3)5-7-26-21-30(25)27-8-11-14(29-30)13(18)15(31-11)22-6-4-12(19)20-17(22)24/h4,6,9-11,13-15H,5,7-8H2,1-3H3,(H,21,25)(H2,19,20,24)/t10-,11-,13+,14-,15-,30?/m1/s1. The molecule has 1 unspecified atom stereocenters. The quantitative estimate of drug-likeness (QED) is 0.243. The fraction of sp³-hybridized carbons (Fsp3) is 0.706. The molecule has 11 nitrogen and oxygen atoms in total. The number of halogens is 1. The van der Waals surface area contributed by atoms with Crippen LogP contribution in [0.2, 0.25) is 0 Å². The smallest absolute Gasteiger partial charge is 0.428 e. The second kappa shape index (κ2) is 9.97. The summed E-state index contributed by atoms with van der Waals surface area (Å²) in [6, 6.07) is 1.40. The first-order valence-corrected chi connectivity index (χ1v) is 12.2. The topological polar surface area (TPSA) is 144 Å². The predicted molar refractivity (Wildman–Crippen MR) is 111 cm³/mol. The van der Waals surface area contributed by atoms with Crippen molar-refractivity contribution in [3.8, 4) is 0 Å². The van der Waals surface area contributed by atoms with E-state index in [4.69, 9.17) is 24.4 Å². The molecule has 2 aliphatic rings. The lowest BCUT2D eigenvalue weighted by atomic mass is 10.1.